The third kappa shape index (κ3) is 4.63. The van der Waals surface area contributed by atoms with Gasteiger partial charge in [-0.2, -0.15) is 0 Å². The highest BCUT2D eigenvalue weighted by atomic mass is 35.5. The van der Waals surface area contributed by atoms with Crippen LogP contribution in [0.4, 0.5) is 5.69 Å². The maximum absolute atomic E-state index is 13.1. The van der Waals surface area contributed by atoms with Crippen LogP contribution in [-0.4, -0.2) is 41.7 Å². The van der Waals surface area contributed by atoms with E-state index in [0.717, 1.165) is 11.6 Å². The number of hydrogen-bond acceptors (Lipinski definition) is 5. The maximum Gasteiger partial charge on any atom is 0.288 e. The zero-order chi connectivity index (χ0) is 20.5. The number of nitro benzene ring substituents is 1. The molecular formula is C18H16Cl2N2O5S. The molecule has 1 atom stereocenters. The molecule has 0 N–H and O–H groups in total. The Hall–Kier alpha value is -2.16. The Morgan fingerprint density at radius 3 is 2.43 bits per heavy atom. The second kappa shape index (κ2) is 8.06. The molecule has 1 fully saturated rings. The molecule has 10 heteroatoms. The molecule has 1 aliphatic rings. The predicted octanol–water partition coefficient (Wildman–Crippen LogP) is 3.73. The fourth-order valence-corrected chi connectivity index (χ4v) is 5.17. The van der Waals surface area contributed by atoms with Crippen molar-refractivity contribution in [1.82, 2.24) is 4.90 Å². The van der Waals surface area contributed by atoms with Gasteiger partial charge < -0.3 is 4.90 Å². The number of benzene rings is 2. The highest BCUT2D eigenvalue weighted by Crippen LogP contribution is 2.28. The standard InChI is InChI=1S/C18H16Cl2N2O5S/c19-14-4-1-12(2-5-14)10-21(15-7-8-28(26,27)11-15)18(23)13-3-6-16(20)17(9-13)22(24)25/h1-6,9,15H,7-8,10-11H2/t15-/m1/s1. The first kappa shape index (κ1) is 20.6. The summed E-state index contributed by atoms with van der Waals surface area (Å²) >= 11 is 11.7. The molecule has 2 aromatic rings. The van der Waals surface area contributed by atoms with Crippen molar-refractivity contribution in [1.29, 1.82) is 0 Å². The van der Waals surface area contributed by atoms with Gasteiger partial charge in [0.2, 0.25) is 0 Å². The first-order chi connectivity index (χ1) is 13.2. The predicted molar refractivity (Wildman–Crippen MR) is 106 cm³/mol. The van der Waals surface area contributed by atoms with Gasteiger partial charge in [-0.25, -0.2) is 8.42 Å². The quantitative estimate of drug-likeness (QED) is 0.518. The lowest BCUT2D eigenvalue weighted by molar-refractivity contribution is -0.384. The second-order valence-corrected chi connectivity index (χ2v) is 9.61. The summed E-state index contributed by atoms with van der Waals surface area (Å²) in [6.07, 6.45) is 0.317. The van der Waals surface area contributed by atoms with E-state index in [9.17, 15) is 23.3 Å². The van der Waals surface area contributed by atoms with Crippen molar-refractivity contribution in [2.24, 2.45) is 0 Å². The van der Waals surface area contributed by atoms with Gasteiger partial charge in [0.1, 0.15) is 5.02 Å². The van der Waals surface area contributed by atoms with Gasteiger partial charge >= 0.3 is 0 Å². The summed E-state index contributed by atoms with van der Waals surface area (Å²) in [6, 6.07) is 10.1. The van der Waals surface area contributed by atoms with Crippen molar-refractivity contribution in [3.8, 4) is 0 Å². The monoisotopic (exact) mass is 442 g/mol. The Labute approximate surface area is 171 Å². The minimum atomic E-state index is -3.23. The summed E-state index contributed by atoms with van der Waals surface area (Å²) in [6.45, 7) is 0.159. The fraction of sp³-hybridized carbons (Fsp3) is 0.278. The number of hydrogen-bond donors (Lipinski definition) is 0. The summed E-state index contributed by atoms with van der Waals surface area (Å²) in [5.41, 5.74) is 0.470. The molecule has 0 aliphatic carbocycles. The molecule has 1 amide bonds. The van der Waals surface area contributed by atoms with Gasteiger partial charge in [-0.3, -0.25) is 14.9 Å². The molecule has 7 nitrogen and oxygen atoms in total. The average molecular weight is 443 g/mol. The number of carbonyl (C=O) groups is 1. The molecule has 148 valence electrons. The number of nitro groups is 1. The summed E-state index contributed by atoms with van der Waals surface area (Å²) in [5, 5.41) is 11.6. The van der Waals surface area contributed by atoms with E-state index in [2.05, 4.69) is 0 Å². The molecule has 3 rings (SSSR count). The molecule has 0 radical (unpaired) electrons. The van der Waals surface area contributed by atoms with Crippen LogP contribution >= 0.6 is 23.2 Å². The van der Waals surface area contributed by atoms with Crippen LogP contribution < -0.4 is 0 Å². The van der Waals surface area contributed by atoms with Crippen LogP contribution in [0.2, 0.25) is 10.0 Å². The second-order valence-electron chi connectivity index (χ2n) is 6.54. The van der Waals surface area contributed by atoms with Crippen molar-refractivity contribution in [2.75, 3.05) is 11.5 Å². The van der Waals surface area contributed by atoms with Crippen LogP contribution in [0.15, 0.2) is 42.5 Å². The molecule has 0 bridgehead atoms. The van der Waals surface area contributed by atoms with Crippen LogP contribution in [0.5, 0.6) is 0 Å². The Kier molecular flexibility index (Phi) is 5.92. The smallest absolute Gasteiger partial charge is 0.288 e. The minimum absolute atomic E-state index is 0.00281. The van der Waals surface area contributed by atoms with Gasteiger partial charge in [0.15, 0.2) is 9.84 Å². The number of rotatable bonds is 5. The maximum atomic E-state index is 13.1. The highest BCUT2D eigenvalue weighted by Gasteiger charge is 2.35. The van der Waals surface area contributed by atoms with E-state index in [-0.39, 0.29) is 34.3 Å². The van der Waals surface area contributed by atoms with E-state index >= 15 is 0 Å². The number of amides is 1. The highest BCUT2D eigenvalue weighted by molar-refractivity contribution is 7.91. The van der Waals surface area contributed by atoms with E-state index in [4.69, 9.17) is 23.2 Å². The zero-order valence-corrected chi connectivity index (χ0v) is 16.9. The Balaban J connectivity index is 1.96. The summed E-state index contributed by atoms with van der Waals surface area (Å²) in [4.78, 5) is 25.1. The van der Waals surface area contributed by atoms with E-state index in [1.54, 1.807) is 24.3 Å². The normalized spacial score (nSPS) is 18.0. The lowest BCUT2D eigenvalue weighted by Gasteiger charge is -2.28. The molecule has 2 aromatic carbocycles. The van der Waals surface area contributed by atoms with Crippen LogP contribution in [0.1, 0.15) is 22.3 Å². The average Bonchev–Trinajstić information content (AvgIpc) is 3.00. The molecule has 0 unspecified atom stereocenters. The third-order valence-electron chi connectivity index (χ3n) is 4.57. The molecule has 1 heterocycles. The Morgan fingerprint density at radius 1 is 1.18 bits per heavy atom. The van der Waals surface area contributed by atoms with E-state index < -0.39 is 26.7 Å². The number of sulfone groups is 1. The molecule has 28 heavy (non-hydrogen) atoms. The summed E-state index contributed by atoms with van der Waals surface area (Å²) in [5.74, 6) is -0.623. The van der Waals surface area contributed by atoms with Crippen LogP contribution in [0.3, 0.4) is 0 Å². The van der Waals surface area contributed by atoms with Gasteiger partial charge in [0.05, 0.1) is 16.4 Å². The summed E-state index contributed by atoms with van der Waals surface area (Å²) in [7, 11) is -3.23. The van der Waals surface area contributed by atoms with Gasteiger partial charge in [0.25, 0.3) is 11.6 Å². The van der Waals surface area contributed by atoms with Crippen molar-refractivity contribution in [3.05, 3.63) is 73.8 Å². The lowest BCUT2D eigenvalue weighted by Crippen LogP contribution is -2.40. The van der Waals surface area contributed by atoms with E-state index in [1.807, 2.05) is 0 Å². The van der Waals surface area contributed by atoms with Gasteiger partial charge in [-0.15, -0.1) is 0 Å². The Bertz CT molecular complexity index is 1020. The largest absolute Gasteiger partial charge is 0.330 e. The molecule has 0 saturated carbocycles. The van der Waals surface area contributed by atoms with Crippen molar-refractivity contribution in [3.63, 3.8) is 0 Å². The van der Waals surface area contributed by atoms with Crippen LogP contribution in [0, 0.1) is 10.1 Å². The first-order valence-corrected chi connectivity index (χ1v) is 10.9. The van der Waals surface area contributed by atoms with Crippen molar-refractivity contribution < 1.29 is 18.1 Å². The van der Waals surface area contributed by atoms with E-state index in [1.165, 1.54) is 17.0 Å². The first-order valence-electron chi connectivity index (χ1n) is 8.36. The fourth-order valence-electron chi connectivity index (χ4n) is 3.13. The molecule has 0 spiro atoms. The third-order valence-corrected chi connectivity index (χ3v) is 6.89. The summed E-state index contributed by atoms with van der Waals surface area (Å²) < 4.78 is 23.9. The van der Waals surface area contributed by atoms with Crippen molar-refractivity contribution in [2.45, 2.75) is 19.0 Å². The topological polar surface area (TPSA) is 97.6 Å². The van der Waals surface area contributed by atoms with E-state index in [0.29, 0.717) is 11.4 Å². The number of carbonyl (C=O) groups excluding carboxylic acids is 1. The van der Waals surface area contributed by atoms with Gasteiger partial charge in [-0.1, -0.05) is 35.3 Å². The Morgan fingerprint density at radius 2 is 1.86 bits per heavy atom. The molecule has 1 saturated heterocycles. The number of halogens is 2. The van der Waals surface area contributed by atoms with Gasteiger partial charge in [0, 0.05) is 29.2 Å². The van der Waals surface area contributed by atoms with Crippen LogP contribution in [0.25, 0.3) is 0 Å². The minimum Gasteiger partial charge on any atom is -0.330 e. The van der Waals surface area contributed by atoms with Crippen molar-refractivity contribution >= 4 is 44.6 Å². The molecule has 0 aromatic heterocycles. The SMILES string of the molecule is O=C(c1ccc(Cl)c([N+](=O)[O-])c1)N(Cc1ccc(Cl)cc1)[C@@H]1CCS(=O)(=O)C1. The number of nitrogens with zero attached hydrogens (tertiary/aromatic N) is 2. The van der Waals surface area contributed by atoms with Crippen LogP contribution in [-0.2, 0) is 16.4 Å². The molecular weight excluding hydrogens is 427 g/mol. The lowest BCUT2D eigenvalue weighted by atomic mass is 10.1. The molecule has 1 aliphatic heterocycles. The zero-order valence-electron chi connectivity index (χ0n) is 14.5. The van der Waals surface area contributed by atoms with Gasteiger partial charge in [-0.05, 0) is 36.2 Å².